The molecule has 0 aliphatic heterocycles. The van der Waals surface area contributed by atoms with Crippen LogP contribution in [-0.4, -0.2) is 39.6 Å². The number of esters is 1. The molecule has 0 unspecified atom stereocenters. The number of hydrogen-bond donors (Lipinski definition) is 0. The van der Waals surface area contributed by atoms with Gasteiger partial charge in [-0.2, -0.15) is 8.42 Å². The van der Waals surface area contributed by atoms with Crippen molar-refractivity contribution in [3.8, 4) is 0 Å². The molecule has 168 valence electrons. The van der Waals surface area contributed by atoms with Crippen molar-refractivity contribution < 1.29 is 26.9 Å². The van der Waals surface area contributed by atoms with Gasteiger partial charge in [-0.1, -0.05) is 64.4 Å². The summed E-state index contributed by atoms with van der Waals surface area (Å²) in [6.07, 6.45) is 14.8. The van der Waals surface area contributed by atoms with E-state index in [-0.39, 0.29) is 17.7 Å². The van der Waals surface area contributed by atoms with Gasteiger partial charge in [0.05, 0.1) is 25.4 Å². The lowest BCUT2D eigenvalue weighted by Crippen LogP contribution is -2.34. The molecule has 0 fully saturated rings. The van der Waals surface area contributed by atoms with Crippen LogP contribution in [0.5, 0.6) is 0 Å². The maximum atomic E-state index is 12.5. The number of carbonyl (C=O) groups excluding carboxylic acids is 2. The zero-order valence-electron chi connectivity index (χ0n) is 18.2. The van der Waals surface area contributed by atoms with Gasteiger partial charge < -0.3 is 4.74 Å². The first-order valence-corrected chi connectivity index (χ1v) is 12.8. The standard InChI is InChI=1S/C22H38O6S/c1-4-5-6-7-8-10-13-18-16-17-19(23)22(18)20(28-29(3,25)26)14-11-9-12-15-21(24)27-2/h16-18,20,22H,4-15H2,1-3H3/t18-,20-,22+/m1/s1. The third-order valence-corrected chi connectivity index (χ3v) is 6.08. The topological polar surface area (TPSA) is 86.7 Å². The molecule has 1 rings (SSSR count). The third-order valence-electron chi connectivity index (χ3n) is 5.48. The van der Waals surface area contributed by atoms with Gasteiger partial charge in [0.15, 0.2) is 5.78 Å². The summed E-state index contributed by atoms with van der Waals surface area (Å²) in [5.41, 5.74) is 0. The highest BCUT2D eigenvalue weighted by atomic mass is 32.2. The Morgan fingerprint density at radius 3 is 2.38 bits per heavy atom. The predicted octanol–water partition coefficient (Wildman–Crippen LogP) is 4.58. The summed E-state index contributed by atoms with van der Waals surface area (Å²) >= 11 is 0. The Balaban J connectivity index is 2.58. The van der Waals surface area contributed by atoms with Crippen molar-refractivity contribution in [1.82, 2.24) is 0 Å². The smallest absolute Gasteiger partial charge is 0.305 e. The van der Waals surface area contributed by atoms with E-state index in [9.17, 15) is 18.0 Å². The lowest BCUT2D eigenvalue weighted by Gasteiger charge is -2.27. The molecule has 29 heavy (non-hydrogen) atoms. The molecule has 0 spiro atoms. The van der Waals surface area contributed by atoms with Crippen LogP contribution in [0.2, 0.25) is 0 Å². The normalized spacial score (nSPS) is 20.2. The van der Waals surface area contributed by atoms with Gasteiger partial charge in [0.1, 0.15) is 0 Å². The quantitative estimate of drug-likeness (QED) is 0.202. The van der Waals surface area contributed by atoms with Crippen molar-refractivity contribution in [2.24, 2.45) is 11.8 Å². The van der Waals surface area contributed by atoms with Crippen LogP contribution in [-0.2, 0) is 28.6 Å². The van der Waals surface area contributed by atoms with Gasteiger partial charge in [-0.25, -0.2) is 0 Å². The van der Waals surface area contributed by atoms with Gasteiger partial charge in [-0.05, 0) is 31.3 Å². The van der Waals surface area contributed by atoms with Crippen molar-refractivity contribution >= 4 is 21.9 Å². The zero-order chi connectivity index (χ0) is 21.7. The number of unbranched alkanes of at least 4 members (excludes halogenated alkanes) is 7. The number of ether oxygens (including phenoxy) is 1. The summed E-state index contributed by atoms with van der Waals surface area (Å²) in [5, 5.41) is 0. The Kier molecular flexibility index (Phi) is 12.4. The largest absolute Gasteiger partial charge is 0.469 e. The van der Waals surface area contributed by atoms with Crippen LogP contribution >= 0.6 is 0 Å². The van der Waals surface area contributed by atoms with Gasteiger partial charge in [0.25, 0.3) is 10.1 Å². The highest BCUT2D eigenvalue weighted by molar-refractivity contribution is 7.86. The summed E-state index contributed by atoms with van der Waals surface area (Å²) in [6.45, 7) is 2.19. The fourth-order valence-electron chi connectivity index (χ4n) is 3.96. The molecule has 0 radical (unpaired) electrons. The Morgan fingerprint density at radius 2 is 1.72 bits per heavy atom. The minimum Gasteiger partial charge on any atom is -0.469 e. The monoisotopic (exact) mass is 430 g/mol. The van der Waals surface area contributed by atoms with Crippen LogP contribution < -0.4 is 0 Å². The molecule has 0 heterocycles. The van der Waals surface area contributed by atoms with E-state index >= 15 is 0 Å². The number of rotatable bonds is 16. The molecule has 6 nitrogen and oxygen atoms in total. The molecular formula is C22H38O6S. The average molecular weight is 431 g/mol. The van der Waals surface area contributed by atoms with Crippen LogP contribution in [0.4, 0.5) is 0 Å². The molecule has 0 aromatic heterocycles. The second-order valence-corrected chi connectivity index (χ2v) is 9.62. The molecule has 0 bridgehead atoms. The molecule has 0 amide bonds. The molecule has 0 N–H and O–H groups in total. The minimum absolute atomic E-state index is 0.0375. The van der Waals surface area contributed by atoms with Crippen LogP contribution in [0.3, 0.4) is 0 Å². The predicted molar refractivity (Wildman–Crippen MR) is 114 cm³/mol. The van der Waals surface area contributed by atoms with E-state index < -0.39 is 22.1 Å². The average Bonchev–Trinajstić information content (AvgIpc) is 3.02. The van der Waals surface area contributed by atoms with Crippen molar-refractivity contribution in [3.05, 3.63) is 12.2 Å². The SMILES string of the molecule is CCCCCCCC[C@@H]1C=CC(=O)[C@H]1[C@@H](CCCCCC(=O)OC)OS(C)(=O)=O. The first-order valence-electron chi connectivity index (χ1n) is 11.0. The molecule has 0 aromatic carbocycles. The molecule has 0 saturated carbocycles. The first-order chi connectivity index (χ1) is 13.8. The Bertz CT molecular complexity index is 625. The zero-order valence-corrected chi connectivity index (χ0v) is 19.0. The minimum atomic E-state index is -3.66. The number of carbonyl (C=O) groups is 2. The summed E-state index contributed by atoms with van der Waals surface area (Å²) in [7, 11) is -2.30. The second kappa shape index (κ2) is 13.9. The maximum absolute atomic E-state index is 12.5. The molecule has 0 saturated heterocycles. The van der Waals surface area contributed by atoms with E-state index in [2.05, 4.69) is 11.7 Å². The van der Waals surface area contributed by atoms with E-state index in [1.165, 1.54) is 32.8 Å². The number of ketones is 1. The molecular weight excluding hydrogens is 392 g/mol. The summed E-state index contributed by atoms with van der Waals surface area (Å²) < 4.78 is 33.5. The molecule has 0 aromatic rings. The third kappa shape index (κ3) is 10.9. The Labute approximate surface area is 176 Å². The maximum Gasteiger partial charge on any atom is 0.305 e. The van der Waals surface area contributed by atoms with Crippen molar-refractivity contribution in [1.29, 1.82) is 0 Å². The van der Waals surface area contributed by atoms with Crippen LogP contribution in [0, 0.1) is 11.8 Å². The van der Waals surface area contributed by atoms with Gasteiger partial charge in [0, 0.05) is 6.42 Å². The number of methoxy groups -OCH3 is 1. The van der Waals surface area contributed by atoms with Gasteiger partial charge >= 0.3 is 5.97 Å². The second-order valence-electron chi connectivity index (χ2n) is 8.02. The molecule has 1 aliphatic carbocycles. The lowest BCUT2D eigenvalue weighted by molar-refractivity contribution is -0.140. The van der Waals surface area contributed by atoms with Crippen molar-refractivity contribution in [3.63, 3.8) is 0 Å². The van der Waals surface area contributed by atoms with E-state index in [4.69, 9.17) is 4.18 Å². The van der Waals surface area contributed by atoms with Gasteiger partial charge in [-0.15, -0.1) is 0 Å². The van der Waals surface area contributed by atoms with Crippen LogP contribution in [0.25, 0.3) is 0 Å². The number of allylic oxidation sites excluding steroid dienone is 2. The highest BCUT2D eigenvalue weighted by Crippen LogP contribution is 2.34. The molecule has 7 heteroatoms. The van der Waals surface area contributed by atoms with Crippen molar-refractivity contribution in [2.75, 3.05) is 13.4 Å². The summed E-state index contributed by atoms with van der Waals surface area (Å²) in [4.78, 5) is 23.7. The highest BCUT2D eigenvalue weighted by Gasteiger charge is 2.38. The summed E-state index contributed by atoms with van der Waals surface area (Å²) in [6, 6.07) is 0. The summed E-state index contributed by atoms with van der Waals surface area (Å²) in [5.74, 6) is -0.677. The van der Waals surface area contributed by atoms with Gasteiger partial charge in [0.2, 0.25) is 0 Å². The Morgan fingerprint density at radius 1 is 1.07 bits per heavy atom. The van der Waals surface area contributed by atoms with Crippen LogP contribution in [0.1, 0.15) is 84.0 Å². The van der Waals surface area contributed by atoms with E-state index in [0.29, 0.717) is 25.7 Å². The number of hydrogen-bond acceptors (Lipinski definition) is 6. The Hall–Kier alpha value is -1.21. The molecule has 3 atom stereocenters. The van der Waals surface area contributed by atoms with Crippen LogP contribution in [0.15, 0.2) is 12.2 Å². The fourth-order valence-corrected chi connectivity index (χ4v) is 4.63. The fraction of sp³-hybridized carbons (Fsp3) is 0.818. The molecule has 1 aliphatic rings. The lowest BCUT2D eigenvalue weighted by atomic mass is 9.83. The van der Waals surface area contributed by atoms with Crippen molar-refractivity contribution in [2.45, 2.75) is 90.1 Å². The van der Waals surface area contributed by atoms with Gasteiger partial charge in [-0.3, -0.25) is 13.8 Å². The van der Waals surface area contributed by atoms with E-state index in [1.807, 2.05) is 6.08 Å². The first kappa shape index (κ1) is 25.8. The van der Waals surface area contributed by atoms with E-state index in [1.54, 1.807) is 6.08 Å². The van der Waals surface area contributed by atoms with E-state index in [0.717, 1.165) is 31.9 Å².